The van der Waals surface area contributed by atoms with E-state index in [0.717, 1.165) is 31.1 Å². The van der Waals surface area contributed by atoms with Crippen LogP contribution in [0.15, 0.2) is 11.6 Å². The second-order valence-electron chi connectivity index (χ2n) is 10.0. The first-order chi connectivity index (χ1) is 11.3. The summed E-state index contributed by atoms with van der Waals surface area (Å²) in [5, 5.41) is 21.4. The molecule has 0 aromatic carbocycles. The highest BCUT2D eigenvalue weighted by Gasteiger charge is 2.63. The fourth-order valence-electron chi connectivity index (χ4n) is 7.63. The van der Waals surface area contributed by atoms with Gasteiger partial charge in [-0.05, 0) is 86.9 Å². The quantitative estimate of drug-likeness (QED) is 0.710. The Morgan fingerprint density at radius 3 is 2.62 bits per heavy atom. The summed E-state index contributed by atoms with van der Waals surface area (Å²) in [5.41, 5.74) is 1.54. The third-order valence-electron chi connectivity index (χ3n) is 8.97. The van der Waals surface area contributed by atoms with Gasteiger partial charge in [0.05, 0.1) is 11.7 Å². The zero-order chi connectivity index (χ0) is 17.2. The van der Waals surface area contributed by atoms with Crippen molar-refractivity contribution >= 4 is 0 Å². The lowest BCUT2D eigenvalue weighted by atomic mass is 9.47. The molecular formula is C22H36O2. The topological polar surface area (TPSA) is 40.5 Å². The van der Waals surface area contributed by atoms with Gasteiger partial charge in [0, 0.05) is 6.42 Å². The summed E-state index contributed by atoms with van der Waals surface area (Å²) in [7, 11) is 0. The van der Waals surface area contributed by atoms with E-state index >= 15 is 0 Å². The molecule has 0 amide bonds. The van der Waals surface area contributed by atoms with E-state index < -0.39 is 11.7 Å². The van der Waals surface area contributed by atoms with Crippen molar-refractivity contribution < 1.29 is 10.2 Å². The van der Waals surface area contributed by atoms with Crippen LogP contribution in [0.25, 0.3) is 0 Å². The second-order valence-corrected chi connectivity index (χ2v) is 10.0. The summed E-state index contributed by atoms with van der Waals surface area (Å²) < 4.78 is 0. The van der Waals surface area contributed by atoms with E-state index in [2.05, 4.69) is 19.9 Å². The van der Waals surface area contributed by atoms with Gasteiger partial charge in [-0.25, -0.2) is 0 Å². The molecule has 2 N–H and O–H groups in total. The van der Waals surface area contributed by atoms with Gasteiger partial charge in [0.15, 0.2) is 0 Å². The maximum absolute atomic E-state index is 11.4. The van der Waals surface area contributed by atoms with Crippen molar-refractivity contribution in [2.45, 2.75) is 96.7 Å². The zero-order valence-electron chi connectivity index (χ0n) is 15.9. The maximum Gasteiger partial charge on any atom is 0.0728 e. The van der Waals surface area contributed by atoms with Crippen molar-refractivity contribution in [3.63, 3.8) is 0 Å². The minimum Gasteiger partial charge on any atom is -0.393 e. The first-order valence-corrected chi connectivity index (χ1v) is 10.4. The maximum atomic E-state index is 11.4. The largest absolute Gasteiger partial charge is 0.393 e. The summed E-state index contributed by atoms with van der Waals surface area (Å²) in [4.78, 5) is 0. The highest BCUT2D eigenvalue weighted by molar-refractivity contribution is 5.25. The van der Waals surface area contributed by atoms with Crippen LogP contribution in [0.3, 0.4) is 0 Å². The van der Waals surface area contributed by atoms with Crippen molar-refractivity contribution in [3.8, 4) is 0 Å². The van der Waals surface area contributed by atoms with Crippen LogP contribution >= 0.6 is 0 Å². The van der Waals surface area contributed by atoms with E-state index in [-0.39, 0.29) is 5.41 Å². The first kappa shape index (κ1) is 17.1. The Labute approximate surface area is 147 Å². The van der Waals surface area contributed by atoms with Crippen LogP contribution < -0.4 is 0 Å². The van der Waals surface area contributed by atoms with Gasteiger partial charge < -0.3 is 10.2 Å². The lowest BCUT2D eigenvalue weighted by Gasteiger charge is -2.59. The lowest BCUT2D eigenvalue weighted by molar-refractivity contribution is -0.137. The molecule has 4 rings (SSSR count). The first-order valence-electron chi connectivity index (χ1n) is 10.4. The van der Waals surface area contributed by atoms with Gasteiger partial charge in [-0.2, -0.15) is 0 Å². The van der Waals surface area contributed by atoms with E-state index in [9.17, 15) is 10.2 Å². The number of allylic oxidation sites excluding steroid dienone is 2. The molecule has 0 radical (unpaired) electrons. The summed E-state index contributed by atoms with van der Waals surface area (Å²) >= 11 is 0. The Hall–Kier alpha value is -0.340. The van der Waals surface area contributed by atoms with Crippen molar-refractivity contribution in [2.75, 3.05) is 0 Å². The van der Waals surface area contributed by atoms with E-state index in [0.29, 0.717) is 17.8 Å². The van der Waals surface area contributed by atoms with Crippen LogP contribution in [-0.2, 0) is 0 Å². The van der Waals surface area contributed by atoms with Gasteiger partial charge in [0.25, 0.3) is 0 Å². The van der Waals surface area contributed by atoms with Crippen molar-refractivity contribution in [3.05, 3.63) is 11.6 Å². The summed E-state index contributed by atoms with van der Waals surface area (Å²) in [6, 6.07) is 0. The molecule has 0 aromatic heterocycles. The Balaban J connectivity index is 1.65. The Bertz CT molecular complexity index is 538. The summed E-state index contributed by atoms with van der Waals surface area (Å²) in [6.07, 6.45) is 13.9. The SMILES string of the molecule is CC(O)C[C@]1(O)CCC2C3CC=C4CCCCC4(C)C3CCC21C. The van der Waals surface area contributed by atoms with Crippen molar-refractivity contribution in [1.29, 1.82) is 0 Å². The van der Waals surface area contributed by atoms with E-state index in [1.54, 1.807) is 5.57 Å². The minimum atomic E-state index is -0.658. The zero-order valence-corrected chi connectivity index (χ0v) is 15.9. The number of aliphatic hydroxyl groups is 2. The van der Waals surface area contributed by atoms with E-state index in [4.69, 9.17) is 0 Å². The van der Waals surface area contributed by atoms with Crippen LogP contribution in [0, 0.1) is 28.6 Å². The third kappa shape index (κ3) is 2.21. The number of aliphatic hydroxyl groups excluding tert-OH is 1. The average molecular weight is 333 g/mol. The molecule has 0 saturated heterocycles. The molecule has 136 valence electrons. The van der Waals surface area contributed by atoms with Crippen LogP contribution in [0.4, 0.5) is 0 Å². The van der Waals surface area contributed by atoms with Crippen LogP contribution in [0.5, 0.6) is 0 Å². The van der Waals surface area contributed by atoms with Gasteiger partial charge in [-0.15, -0.1) is 0 Å². The van der Waals surface area contributed by atoms with Crippen molar-refractivity contribution in [2.24, 2.45) is 28.6 Å². The molecule has 7 atom stereocenters. The molecule has 24 heavy (non-hydrogen) atoms. The van der Waals surface area contributed by atoms with E-state index in [1.807, 2.05) is 6.92 Å². The Morgan fingerprint density at radius 1 is 1.12 bits per heavy atom. The van der Waals surface area contributed by atoms with Gasteiger partial charge in [-0.3, -0.25) is 0 Å². The van der Waals surface area contributed by atoms with E-state index in [1.165, 1.54) is 38.5 Å². The molecule has 0 aliphatic heterocycles. The molecule has 6 unspecified atom stereocenters. The predicted octanol–water partition coefficient (Wildman–Crippen LogP) is 4.84. The van der Waals surface area contributed by atoms with Crippen LogP contribution in [-0.4, -0.2) is 21.9 Å². The number of fused-ring (bicyclic) bond motifs is 5. The summed E-state index contributed by atoms with van der Waals surface area (Å²) in [6.45, 7) is 6.72. The molecule has 2 heteroatoms. The molecule has 2 nitrogen and oxygen atoms in total. The highest BCUT2D eigenvalue weighted by Crippen LogP contribution is 2.67. The van der Waals surface area contributed by atoms with Gasteiger partial charge >= 0.3 is 0 Å². The monoisotopic (exact) mass is 332 g/mol. The summed E-state index contributed by atoms with van der Waals surface area (Å²) in [5.74, 6) is 2.21. The molecule has 0 heterocycles. The minimum absolute atomic E-state index is 0.00151. The normalized spacial score (nSPS) is 52.0. The molecule has 0 aromatic rings. The van der Waals surface area contributed by atoms with Gasteiger partial charge in [0.1, 0.15) is 0 Å². The molecule has 4 aliphatic rings. The predicted molar refractivity (Wildman–Crippen MR) is 97.6 cm³/mol. The molecule has 0 spiro atoms. The van der Waals surface area contributed by atoms with Gasteiger partial charge in [-0.1, -0.05) is 31.9 Å². The van der Waals surface area contributed by atoms with Crippen molar-refractivity contribution in [1.82, 2.24) is 0 Å². The second kappa shape index (κ2) is 5.58. The number of hydrogen-bond donors (Lipinski definition) is 2. The molecule has 0 bridgehead atoms. The number of hydrogen-bond acceptors (Lipinski definition) is 2. The molecule has 4 aliphatic carbocycles. The lowest BCUT2D eigenvalue weighted by Crippen LogP contribution is -2.54. The smallest absolute Gasteiger partial charge is 0.0728 e. The Kier molecular flexibility index (Phi) is 3.97. The van der Waals surface area contributed by atoms with Crippen LogP contribution in [0.1, 0.15) is 85.0 Å². The molecular weight excluding hydrogens is 296 g/mol. The van der Waals surface area contributed by atoms with Gasteiger partial charge in [0.2, 0.25) is 0 Å². The fourth-order valence-corrected chi connectivity index (χ4v) is 7.63. The average Bonchev–Trinajstić information content (AvgIpc) is 2.77. The van der Waals surface area contributed by atoms with Crippen LogP contribution in [0.2, 0.25) is 0 Å². The Morgan fingerprint density at radius 2 is 1.88 bits per heavy atom. The number of rotatable bonds is 2. The highest BCUT2D eigenvalue weighted by atomic mass is 16.3. The fraction of sp³-hybridized carbons (Fsp3) is 0.909. The molecule has 3 saturated carbocycles. The standard InChI is InChI=1S/C22H36O2/c1-15(23)14-22(24)13-10-19-17-8-7-16-6-4-5-11-20(16,2)18(17)9-12-21(19,22)3/h7,15,17-19,23-24H,4-6,8-14H2,1-3H3/t15?,17?,18?,19?,20?,21?,22-/m1/s1. The third-order valence-corrected chi connectivity index (χ3v) is 8.97. The molecule has 3 fully saturated rings.